The van der Waals surface area contributed by atoms with E-state index in [0.29, 0.717) is 6.04 Å². The van der Waals surface area contributed by atoms with Crippen LogP contribution in [0.3, 0.4) is 0 Å². The molecule has 0 aliphatic heterocycles. The van der Waals surface area contributed by atoms with Crippen molar-refractivity contribution < 1.29 is 4.84 Å². The number of hydrogen-bond donors (Lipinski definition) is 1. The second-order valence-corrected chi connectivity index (χ2v) is 4.23. The van der Waals surface area contributed by atoms with Gasteiger partial charge >= 0.3 is 0 Å². The molecule has 0 aromatic rings. The van der Waals surface area contributed by atoms with Gasteiger partial charge in [0.05, 0.1) is 5.60 Å². The first-order chi connectivity index (χ1) is 5.49. The zero-order valence-electron chi connectivity index (χ0n) is 9.11. The quantitative estimate of drug-likeness (QED) is 0.645. The van der Waals surface area contributed by atoms with Crippen LogP contribution in [0.2, 0.25) is 0 Å². The van der Waals surface area contributed by atoms with Gasteiger partial charge in [0.15, 0.2) is 0 Å². The van der Waals surface area contributed by atoms with Crippen LogP contribution in [0.5, 0.6) is 0 Å². The minimum atomic E-state index is -0.0822. The van der Waals surface area contributed by atoms with E-state index in [9.17, 15) is 0 Å². The molecule has 74 valence electrons. The molecule has 2 heteroatoms. The van der Waals surface area contributed by atoms with Gasteiger partial charge in [0.1, 0.15) is 0 Å². The summed E-state index contributed by atoms with van der Waals surface area (Å²) in [6.45, 7) is 10.5. The molecule has 0 saturated heterocycles. The Morgan fingerprint density at radius 2 is 1.83 bits per heavy atom. The fraction of sp³-hybridized carbons (Fsp3) is 1.00. The van der Waals surface area contributed by atoms with Crippen molar-refractivity contribution in [3.05, 3.63) is 0 Å². The molecule has 1 N–H and O–H groups in total. The monoisotopic (exact) mass is 173 g/mol. The Morgan fingerprint density at radius 1 is 1.25 bits per heavy atom. The van der Waals surface area contributed by atoms with Gasteiger partial charge in [-0.25, -0.2) is 0 Å². The number of hydroxylamine groups is 1. The standard InChI is InChI=1S/C10H23NO/c1-6-8-9(7-2)11-12-10(3,4)5/h9,11H,6-8H2,1-5H3. The third kappa shape index (κ3) is 6.62. The highest BCUT2D eigenvalue weighted by Crippen LogP contribution is 2.07. The van der Waals surface area contributed by atoms with E-state index in [1.165, 1.54) is 12.8 Å². The lowest BCUT2D eigenvalue weighted by atomic mass is 10.1. The first-order valence-electron chi connectivity index (χ1n) is 4.93. The summed E-state index contributed by atoms with van der Waals surface area (Å²) in [4.78, 5) is 5.48. The number of hydrogen-bond acceptors (Lipinski definition) is 2. The molecule has 1 atom stereocenters. The molecule has 0 aliphatic carbocycles. The topological polar surface area (TPSA) is 21.3 Å². The normalized spacial score (nSPS) is 14.8. The van der Waals surface area contributed by atoms with E-state index in [-0.39, 0.29) is 5.60 Å². The zero-order valence-corrected chi connectivity index (χ0v) is 9.11. The van der Waals surface area contributed by atoms with Crippen molar-refractivity contribution in [3.8, 4) is 0 Å². The van der Waals surface area contributed by atoms with Crippen LogP contribution in [0.15, 0.2) is 0 Å². The van der Waals surface area contributed by atoms with Crippen LogP contribution in [0.1, 0.15) is 53.9 Å². The van der Waals surface area contributed by atoms with Crippen molar-refractivity contribution >= 4 is 0 Å². The molecular weight excluding hydrogens is 150 g/mol. The second kappa shape index (κ2) is 5.55. The molecule has 2 nitrogen and oxygen atoms in total. The molecule has 0 heterocycles. The Hall–Kier alpha value is -0.0800. The van der Waals surface area contributed by atoms with Crippen LogP contribution in [-0.2, 0) is 4.84 Å². The van der Waals surface area contributed by atoms with Gasteiger partial charge in [-0.05, 0) is 33.6 Å². The van der Waals surface area contributed by atoms with Gasteiger partial charge < -0.3 is 0 Å². The molecule has 0 bridgehead atoms. The van der Waals surface area contributed by atoms with E-state index < -0.39 is 0 Å². The number of nitrogens with one attached hydrogen (secondary N) is 1. The summed E-state index contributed by atoms with van der Waals surface area (Å²) in [5, 5.41) is 0. The minimum Gasteiger partial charge on any atom is -0.296 e. The minimum absolute atomic E-state index is 0.0822. The molecular formula is C10H23NO. The molecule has 0 aromatic heterocycles. The molecule has 0 aliphatic rings. The van der Waals surface area contributed by atoms with Crippen LogP contribution >= 0.6 is 0 Å². The lowest BCUT2D eigenvalue weighted by Crippen LogP contribution is -2.36. The van der Waals surface area contributed by atoms with Crippen molar-refractivity contribution in [2.45, 2.75) is 65.5 Å². The van der Waals surface area contributed by atoms with Gasteiger partial charge in [0.2, 0.25) is 0 Å². The number of rotatable bonds is 5. The van der Waals surface area contributed by atoms with Gasteiger partial charge in [-0.1, -0.05) is 20.3 Å². The van der Waals surface area contributed by atoms with E-state index in [1.807, 2.05) is 0 Å². The van der Waals surface area contributed by atoms with Crippen molar-refractivity contribution in [1.29, 1.82) is 0 Å². The van der Waals surface area contributed by atoms with E-state index in [1.54, 1.807) is 0 Å². The molecule has 0 radical (unpaired) electrons. The van der Waals surface area contributed by atoms with E-state index >= 15 is 0 Å². The first-order valence-corrected chi connectivity index (χ1v) is 4.93. The smallest absolute Gasteiger partial charge is 0.0813 e. The summed E-state index contributed by atoms with van der Waals surface area (Å²) in [6.07, 6.45) is 3.52. The lowest BCUT2D eigenvalue weighted by Gasteiger charge is -2.24. The third-order valence-corrected chi connectivity index (χ3v) is 1.66. The summed E-state index contributed by atoms with van der Waals surface area (Å²) in [6, 6.07) is 0.509. The van der Waals surface area contributed by atoms with E-state index in [2.05, 4.69) is 40.1 Å². The van der Waals surface area contributed by atoms with Gasteiger partial charge in [-0.15, -0.1) is 0 Å². The SMILES string of the molecule is CCCC(CC)NOC(C)(C)C. The third-order valence-electron chi connectivity index (χ3n) is 1.66. The highest BCUT2D eigenvalue weighted by atomic mass is 16.7. The largest absolute Gasteiger partial charge is 0.296 e. The Kier molecular flexibility index (Phi) is 5.51. The Labute approximate surface area is 76.6 Å². The van der Waals surface area contributed by atoms with Crippen LogP contribution in [0, 0.1) is 0 Å². The van der Waals surface area contributed by atoms with Gasteiger partial charge in [-0.3, -0.25) is 4.84 Å². The van der Waals surface area contributed by atoms with E-state index in [4.69, 9.17) is 4.84 Å². The molecule has 0 spiro atoms. The maximum Gasteiger partial charge on any atom is 0.0813 e. The fourth-order valence-corrected chi connectivity index (χ4v) is 0.955. The Morgan fingerprint density at radius 3 is 2.17 bits per heavy atom. The van der Waals surface area contributed by atoms with Crippen LogP contribution in [0.4, 0.5) is 0 Å². The molecule has 0 amide bonds. The average Bonchev–Trinajstić information content (AvgIpc) is 1.96. The highest BCUT2D eigenvalue weighted by Gasteiger charge is 2.13. The molecule has 1 unspecified atom stereocenters. The summed E-state index contributed by atoms with van der Waals surface area (Å²) in [7, 11) is 0. The summed E-state index contributed by atoms with van der Waals surface area (Å²) < 4.78 is 0. The molecule has 0 aromatic carbocycles. The van der Waals surface area contributed by atoms with E-state index in [0.717, 1.165) is 6.42 Å². The second-order valence-electron chi connectivity index (χ2n) is 4.23. The predicted molar refractivity (Wildman–Crippen MR) is 53.0 cm³/mol. The maximum absolute atomic E-state index is 5.48. The van der Waals surface area contributed by atoms with Crippen LogP contribution < -0.4 is 5.48 Å². The predicted octanol–water partition coefficient (Wildman–Crippen LogP) is 2.88. The van der Waals surface area contributed by atoms with Gasteiger partial charge in [0, 0.05) is 6.04 Å². The molecule has 0 rings (SSSR count). The Balaban J connectivity index is 3.58. The van der Waals surface area contributed by atoms with Gasteiger partial charge in [-0.2, -0.15) is 5.48 Å². The highest BCUT2D eigenvalue weighted by molar-refractivity contribution is 4.62. The van der Waals surface area contributed by atoms with Crippen molar-refractivity contribution in [2.75, 3.05) is 0 Å². The lowest BCUT2D eigenvalue weighted by molar-refractivity contribution is -0.0898. The van der Waals surface area contributed by atoms with Crippen LogP contribution in [-0.4, -0.2) is 11.6 Å². The fourth-order valence-electron chi connectivity index (χ4n) is 0.955. The maximum atomic E-state index is 5.48. The van der Waals surface area contributed by atoms with Crippen molar-refractivity contribution in [1.82, 2.24) is 5.48 Å². The Bertz CT molecular complexity index is 107. The first kappa shape index (κ1) is 11.9. The summed E-state index contributed by atoms with van der Waals surface area (Å²) in [5.74, 6) is 0. The molecule has 0 saturated carbocycles. The zero-order chi connectivity index (χ0) is 9.61. The van der Waals surface area contributed by atoms with Crippen molar-refractivity contribution in [2.24, 2.45) is 0 Å². The summed E-state index contributed by atoms with van der Waals surface area (Å²) >= 11 is 0. The molecule has 12 heavy (non-hydrogen) atoms. The molecule has 0 fully saturated rings. The van der Waals surface area contributed by atoms with Crippen LogP contribution in [0.25, 0.3) is 0 Å². The van der Waals surface area contributed by atoms with Gasteiger partial charge in [0.25, 0.3) is 0 Å². The average molecular weight is 173 g/mol. The summed E-state index contributed by atoms with van der Waals surface area (Å²) in [5.41, 5.74) is 3.03. The van der Waals surface area contributed by atoms with Crippen molar-refractivity contribution in [3.63, 3.8) is 0 Å².